The highest BCUT2D eigenvalue weighted by molar-refractivity contribution is 5.32. The van der Waals surface area contributed by atoms with Gasteiger partial charge in [-0.25, -0.2) is 8.78 Å². The molecule has 0 spiro atoms. The molecule has 0 unspecified atom stereocenters. The second kappa shape index (κ2) is 6.34. The van der Waals surface area contributed by atoms with Gasteiger partial charge < -0.3 is 14.6 Å². The van der Waals surface area contributed by atoms with Crippen LogP contribution >= 0.6 is 0 Å². The molecule has 1 N–H and O–H groups in total. The lowest BCUT2D eigenvalue weighted by atomic mass is 10.2. The highest BCUT2D eigenvalue weighted by atomic mass is 19.1. The second-order valence-corrected chi connectivity index (χ2v) is 4.18. The van der Waals surface area contributed by atoms with E-state index in [0.717, 1.165) is 0 Å². The first-order valence-electron chi connectivity index (χ1n) is 5.98. The fourth-order valence-electron chi connectivity index (χ4n) is 1.78. The van der Waals surface area contributed by atoms with E-state index in [9.17, 15) is 8.78 Å². The largest absolute Gasteiger partial charge is 0.494 e. The zero-order valence-electron chi connectivity index (χ0n) is 10.9. The summed E-state index contributed by atoms with van der Waals surface area (Å²) in [5, 5.41) is 8.99. The Bertz CT molecular complexity index is 600. The van der Waals surface area contributed by atoms with E-state index in [4.69, 9.17) is 14.6 Å². The van der Waals surface area contributed by atoms with Gasteiger partial charge in [0.25, 0.3) is 0 Å². The maximum absolute atomic E-state index is 13.9. The smallest absolute Gasteiger partial charge is 0.171 e. The zero-order valence-corrected chi connectivity index (χ0v) is 10.9. The molecule has 0 amide bonds. The molecular formula is C15H14F2O3. The predicted octanol–water partition coefficient (Wildman–Crippen LogP) is 3.04. The number of rotatable bonds is 5. The van der Waals surface area contributed by atoms with Crippen molar-refractivity contribution in [3.63, 3.8) is 0 Å². The van der Waals surface area contributed by atoms with Crippen LogP contribution in [0.3, 0.4) is 0 Å². The Balaban J connectivity index is 2.14. The Labute approximate surface area is 115 Å². The van der Waals surface area contributed by atoms with E-state index in [-0.39, 0.29) is 24.7 Å². The van der Waals surface area contributed by atoms with Crippen LogP contribution in [0.25, 0.3) is 0 Å². The van der Waals surface area contributed by atoms with Crippen molar-refractivity contribution in [3.05, 3.63) is 59.2 Å². The summed E-state index contributed by atoms with van der Waals surface area (Å²) in [5.74, 6) is -0.663. The van der Waals surface area contributed by atoms with Gasteiger partial charge in [0, 0.05) is 11.6 Å². The van der Waals surface area contributed by atoms with Gasteiger partial charge in [-0.3, -0.25) is 0 Å². The molecular weight excluding hydrogens is 266 g/mol. The van der Waals surface area contributed by atoms with Crippen LogP contribution in [0, 0.1) is 11.6 Å². The molecule has 0 fully saturated rings. The number of aliphatic hydroxyl groups excluding tert-OH is 1. The van der Waals surface area contributed by atoms with Crippen molar-refractivity contribution in [2.75, 3.05) is 7.11 Å². The molecule has 106 valence electrons. The minimum absolute atomic E-state index is 0.0582. The van der Waals surface area contributed by atoms with Crippen molar-refractivity contribution >= 4 is 0 Å². The number of ether oxygens (including phenoxy) is 2. The topological polar surface area (TPSA) is 38.7 Å². The molecule has 0 aliphatic heterocycles. The van der Waals surface area contributed by atoms with Gasteiger partial charge in [-0.1, -0.05) is 12.1 Å². The first-order valence-corrected chi connectivity index (χ1v) is 5.98. The number of aliphatic hydroxyl groups is 1. The zero-order chi connectivity index (χ0) is 14.5. The lowest BCUT2D eigenvalue weighted by Crippen LogP contribution is -2.01. The standard InChI is InChI=1S/C15H14F2O3/c1-19-14-4-2-3-11(15(14)17)9-20-13-6-10(8-18)5-12(16)7-13/h2-7,18H,8-9H2,1H3. The van der Waals surface area contributed by atoms with Crippen molar-refractivity contribution in [2.24, 2.45) is 0 Å². The van der Waals surface area contributed by atoms with Gasteiger partial charge in [0.05, 0.1) is 13.7 Å². The third-order valence-corrected chi connectivity index (χ3v) is 2.77. The van der Waals surface area contributed by atoms with E-state index in [1.54, 1.807) is 12.1 Å². The van der Waals surface area contributed by atoms with Crippen molar-refractivity contribution in [1.29, 1.82) is 0 Å². The summed E-state index contributed by atoms with van der Waals surface area (Å²) >= 11 is 0. The minimum atomic E-state index is -0.516. The molecule has 0 heterocycles. The number of benzene rings is 2. The Kier molecular flexibility index (Phi) is 4.53. The maximum Gasteiger partial charge on any atom is 0.171 e. The van der Waals surface area contributed by atoms with E-state index in [1.165, 1.54) is 31.4 Å². The number of hydrogen-bond donors (Lipinski definition) is 1. The number of methoxy groups -OCH3 is 1. The van der Waals surface area contributed by atoms with Crippen LogP contribution in [-0.4, -0.2) is 12.2 Å². The minimum Gasteiger partial charge on any atom is -0.494 e. The summed E-state index contributed by atoms with van der Waals surface area (Å²) < 4.78 is 37.4. The predicted molar refractivity (Wildman–Crippen MR) is 69.6 cm³/mol. The Hall–Kier alpha value is -2.14. The molecule has 0 saturated carbocycles. The van der Waals surface area contributed by atoms with Crippen LogP contribution in [0.1, 0.15) is 11.1 Å². The normalized spacial score (nSPS) is 10.4. The first kappa shape index (κ1) is 14.3. The molecule has 5 heteroatoms. The van der Waals surface area contributed by atoms with E-state index < -0.39 is 11.6 Å². The molecule has 0 aliphatic carbocycles. The molecule has 2 aromatic rings. The molecule has 0 aliphatic rings. The average molecular weight is 280 g/mol. The molecule has 0 aromatic heterocycles. The highest BCUT2D eigenvalue weighted by Gasteiger charge is 2.09. The average Bonchev–Trinajstić information content (AvgIpc) is 2.45. The van der Waals surface area contributed by atoms with Crippen LogP contribution in [0.2, 0.25) is 0 Å². The molecule has 0 saturated heterocycles. The quantitative estimate of drug-likeness (QED) is 0.915. The van der Waals surface area contributed by atoms with Gasteiger partial charge in [0.1, 0.15) is 18.2 Å². The van der Waals surface area contributed by atoms with Crippen molar-refractivity contribution in [3.8, 4) is 11.5 Å². The van der Waals surface area contributed by atoms with Gasteiger partial charge in [-0.2, -0.15) is 0 Å². The summed E-state index contributed by atoms with van der Waals surface area (Å²) in [6.45, 7) is -0.348. The fourth-order valence-corrected chi connectivity index (χ4v) is 1.78. The molecule has 0 atom stereocenters. The molecule has 2 aromatic carbocycles. The molecule has 0 radical (unpaired) electrons. The highest BCUT2D eigenvalue weighted by Crippen LogP contribution is 2.22. The summed E-state index contributed by atoms with van der Waals surface area (Å²) in [7, 11) is 1.38. The third kappa shape index (κ3) is 3.24. The van der Waals surface area contributed by atoms with Crippen molar-refractivity contribution in [1.82, 2.24) is 0 Å². The summed E-state index contributed by atoms with van der Waals surface area (Å²) in [4.78, 5) is 0. The summed E-state index contributed by atoms with van der Waals surface area (Å²) in [6, 6.07) is 8.59. The third-order valence-electron chi connectivity index (χ3n) is 2.77. The SMILES string of the molecule is COc1cccc(COc2cc(F)cc(CO)c2)c1F. The van der Waals surface area contributed by atoms with Gasteiger partial charge in [-0.15, -0.1) is 0 Å². The first-order chi connectivity index (χ1) is 9.63. The van der Waals surface area contributed by atoms with Gasteiger partial charge in [0.2, 0.25) is 0 Å². The van der Waals surface area contributed by atoms with E-state index in [1.807, 2.05) is 0 Å². The fraction of sp³-hybridized carbons (Fsp3) is 0.200. The Morgan fingerprint density at radius 2 is 1.95 bits per heavy atom. The van der Waals surface area contributed by atoms with Crippen LogP contribution in [0.5, 0.6) is 11.5 Å². The summed E-state index contributed by atoms with van der Waals surface area (Å²) in [6.07, 6.45) is 0. The number of hydrogen-bond acceptors (Lipinski definition) is 3. The summed E-state index contributed by atoms with van der Waals surface area (Å²) in [5.41, 5.74) is 0.699. The van der Waals surface area contributed by atoms with Crippen molar-refractivity contribution in [2.45, 2.75) is 13.2 Å². The van der Waals surface area contributed by atoms with Crippen molar-refractivity contribution < 1.29 is 23.4 Å². The van der Waals surface area contributed by atoms with Gasteiger partial charge in [-0.05, 0) is 23.8 Å². The van der Waals surface area contributed by atoms with Crippen LogP contribution < -0.4 is 9.47 Å². The Morgan fingerprint density at radius 3 is 2.65 bits per heavy atom. The lowest BCUT2D eigenvalue weighted by Gasteiger charge is -2.10. The molecule has 0 bridgehead atoms. The van der Waals surface area contributed by atoms with E-state index in [0.29, 0.717) is 11.1 Å². The molecule has 3 nitrogen and oxygen atoms in total. The lowest BCUT2D eigenvalue weighted by molar-refractivity contribution is 0.275. The van der Waals surface area contributed by atoms with Crippen LogP contribution in [-0.2, 0) is 13.2 Å². The van der Waals surface area contributed by atoms with Gasteiger partial charge in [0.15, 0.2) is 11.6 Å². The van der Waals surface area contributed by atoms with Gasteiger partial charge >= 0.3 is 0 Å². The molecule has 20 heavy (non-hydrogen) atoms. The van der Waals surface area contributed by atoms with E-state index in [2.05, 4.69) is 0 Å². The molecule has 2 rings (SSSR count). The van der Waals surface area contributed by atoms with E-state index >= 15 is 0 Å². The Morgan fingerprint density at radius 1 is 1.15 bits per heavy atom. The van der Waals surface area contributed by atoms with Crippen LogP contribution in [0.4, 0.5) is 8.78 Å². The van der Waals surface area contributed by atoms with Crippen LogP contribution in [0.15, 0.2) is 36.4 Å². The monoisotopic (exact) mass is 280 g/mol. The maximum atomic E-state index is 13.9. The number of halogens is 2. The second-order valence-electron chi connectivity index (χ2n) is 4.18.